The summed E-state index contributed by atoms with van der Waals surface area (Å²) in [6.07, 6.45) is 5.77. The van der Waals surface area contributed by atoms with E-state index in [4.69, 9.17) is 10.8 Å². The van der Waals surface area contributed by atoms with Crippen molar-refractivity contribution in [1.29, 1.82) is 0 Å². The van der Waals surface area contributed by atoms with E-state index in [2.05, 4.69) is 24.8 Å². The third kappa shape index (κ3) is 5.78. The molecular formula is C16H26N6O2. The second kappa shape index (κ2) is 8.60. The molecule has 5 N–H and O–H groups in total. The monoisotopic (exact) mass is 334 g/mol. The Morgan fingerprint density at radius 1 is 1.17 bits per heavy atom. The number of aromatic amines is 2. The molecule has 0 aromatic carbocycles. The molecule has 2 aromatic heterocycles. The fourth-order valence-electron chi connectivity index (χ4n) is 2.56. The number of H-pyrrole nitrogens is 2. The lowest BCUT2D eigenvalue weighted by Crippen LogP contribution is -2.30. The first-order valence-corrected chi connectivity index (χ1v) is 8.15. The van der Waals surface area contributed by atoms with Gasteiger partial charge in [0.25, 0.3) is 0 Å². The minimum atomic E-state index is -0.941. The lowest BCUT2D eigenvalue weighted by atomic mass is 10.1. The highest BCUT2D eigenvalue weighted by Crippen LogP contribution is 2.09. The number of carboxylic acids is 1. The van der Waals surface area contributed by atoms with Crippen molar-refractivity contribution < 1.29 is 9.90 Å². The van der Waals surface area contributed by atoms with Gasteiger partial charge in [0.2, 0.25) is 0 Å². The minimum absolute atomic E-state index is 0.489. The molecule has 0 aliphatic heterocycles. The van der Waals surface area contributed by atoms with Crippen molar-refractivity contribution in [3.63, 3.8) is 0 Å². The van der Waals surface area contributed by atoms with E-state index < -0.39 is 12.0 Å². The molecule has 0 fully saturated rings. The fraction of sp³-hybridized carbons (Fsp3) is 0.562. The molecule has 8 heteroatoms. The number of nitrogens with one attached hydrogen (secondary N) is 2. The number of carboxylic acid groups (broad SMARTS) is 1. The molecule has 0 spiro atoms. The van der Waals surface area contributed by atoms with Crippen LogP contribution in [-0.4, -0.2) is 48.5 Å². The predicted molar refractivity (Wildman–Crippen MR) is 90.2 cm³/mol. The number of hydrogen-bond acceptors (Lipinski definition) is 5. The average Bonchev–Trinajstić information content (AvgIpc) is 3.11. The van der Waals surface area contributed by atoms with Gasteiger partial charge in [0.1, 0.15) is 17.7 Å². The van der Waals surface area contributed by atoms with Crippen LogP contribution in [0.5, 0.6) is 0 Å². The molecule has 8 nitrogen and oxygen atoms in total. The van der Waals surface area contributed by atoms with E-state index in [1.165, 1.54) is 0 Å². The lowest BCUT2D eigenvalue weighted by molar-refractivity contribution is -0.138. The van der Waals surface area contributed by atoms with Crippen molar-refractivity contribution in [3.8, 4) is 0 Å². The van der Waals surface area contributed by atoms with Crippen molar-refractivity contribution in [2.75, 3.05) is 6.54 Å². The third-order valence-electron chi connectivity index (χ3n) is 3.81. The van der Waals surface area contributed by atoms with Gasteiger partial charge in [-0.2, -0.15) is 0 Å². The van der Waals surface area contributed by atoms with Crippen molar-refractivity contribution in [1.82, 2.24) is 24.8 Å². The molecule has 2 rings (SSSR count). The molecule has 24 heavy (non-hydrogen) atoms. The molecule has 0 bridgehead atoms. The summed E-state index contributed by atoms with van der Waals surface area (Å²) in [5.41, 5.74) is 7.61. The summed E-state index contributed by atoms with van der Waals surface area (Å²) in [7, 11) is 0. The predicted octanol–water partition coefficient (Wildman–Crippen LogP) is 1.33. The van der Waals surface area contributed by atoms with Gasteiger partial charge in [0.05, 0.1) is 13.1 Å². The van der Waals surface area contributed by atoms with Crippen molar-refractivity contribution >= 4 is 5.97 Å². The number of nitrogens with zero attached hydrogens (tertiary/aromatic N) is 3. The second-order valence-corrected chi connectivity index (χ2v) is 6.18. The van der Waals surface area contributed by atoms with Crippen molar-refractivity contribution in [2.45, 2.75) is 52.2 Å². The zero-order valence-electron chi connectivity index (χ0n) is 14.2. The lowest BCUT2D eigenvalue weighted by Gasteiger charge is -2.20. The Morgan fingerprint density at radius 3 is 2.12 bits per heavy atom. The van der Waals surface area contributed by atoms with Crippen LogP contribution in [0.15, 0.2) is 12.4 Å². The van der Waals surface area contributed by atoms with Crippen LogP contribution >= 0.6 is 0 Å². The summed E-state index contributed by atoms with van der Waals surface area (Å²) in [5, 5.41) is 8.82. The molecule has 0 amide bonds. The van der Waals surface area contributed by atoms with E-state index in [-0.39, 0.29) is 0 Å². The molecule has 0 saturated carbocycles. The van der Waals surface area contributed by atoms with Crippen LogP contribution in [0.2, 0.25) is 0 Å². The van der Waals surface area contributed by atoms with Gasteiger partial charge in [-0.1, -0.05) is 6.42 Å². The average molecular weight is 334 g/mol. The Balaban J connectivity index is 1.88. The van der Waals surface area contributed by atoms with Crippen LogP contribution in [0.1, 0.15) is 42.3 Å². The molecule has 0 radical (unpaired) electrons. The number of aryl methyl sites for hydroxylation is 2. The van der Waals surface area contributed by atoms with Crippen LogP contribution in [-0.2, 0) is 17.9 Å². The standard InChI is InChI=1S/C16H26N6O2/c1-11-7-18-14(20-11)9-22(10-15-19-8-12(2)21-15)6-4-3-5-13(17)16(23)24/h7-8,13H,3-6,9-10,17H2,1-2H3,(H,18,20)(H,19,21)(H,23,24)/t13-/m0/s1. The summed E-state index contributed by atoms with van der Waals surface area (Å²) >= 11 is 0. The summed E-state index contributed by atoms with van der Waals surface area (Å²) in [5.74, 6) is 0.889. The highest BCUT2D eigenvalue weighted by Gasteiger charge is 2.13. The number of carbonyl (C=O) groups is 1. The maximum absolute atomic E-state index is 10.8. The fourth-order valence-corrected chi connectivity index (χ4v) is 2.56. The van der Waals surface area contributed by atoms with E-state index in [1.54, 1.807) is 0 Å². The maximum atomic E-state index is 10.8. The van der Waals surface area contributed by atoms with Crippen LogP contribution < -0.4 is 5.73 Å². The molecule has 0 aliphatic carbocycles. The number of aliphatic carboxylic acids is 1. The quantitative estimate of drug-likeness (QED) is 0.486. The Labute approximate surface area is 141 Å². The SMILES string of the molecule is Cc1cnc(CN(CCCC[C@H](N)C(=O)O)Cc2ncc(C)[nH]2)[nH]1. The highest BCUT2D eigenvalue weighted by atomic mass is 16.4. The van der Waals surface area contributed by atoms with Crippen LogP contribution in [0.4, 0.5) is 0 Å². The third-order valence-corrected chi connectivity index (χ3v) is 3.81. The van der Waals surface area contributed by atoms with Gasteiger partial charge in [0, 0.05) is 23.8 Å². The molecule has 0 saturated heterocycles. The Kier molecular flexibility index (Phi) is 6.51. The summed E-state index contributed by atoms with van der Waals surface area (Å²) in [6, 6.07) is -0.779. The maximum Gasteiger partial charge on any atom is 0.320 e. The van der Waals surface area contributed by atoms with Crippen LogP contribution in [0, 0.1) is 13.8 Å². The number of rotatable bonds is 10. The Morgan fingerprint density at radius 2 is 1.71 bits per heavy atom. The first-order chi connectivity index (χ1) is 11.4. The van der Waals surface area contributed by atoms with E-state index >= 15 is 0 Å². The van der Waals surface area contributed by atoms with Gasteiger partial charge in [0.15, 0.2) is 0 Å². The van der Waals surface area contributed by atoms with Crippen LogP contribution in [0.25, 0.3) is 0 Å². The molecule has 0 unspecified atom stereocenters. The van der Waals surface area contributed by atoms with E-state index in [1.807, 2.05) is 26.2 Å². The van der Waals surface area contributed by atoms with E-state index in [0.29, 0.717) is 19.5 Å². The van der Waals surface area contributed by atoms with Crippen molar-refractivity contribution in [2.24, 2.45) is 5.73 Å². The van der Waals surface area contributed by atoms with Gasteiger partial charge in [-0.25, -0.2) is 9.97 Å². The van der Waals surface area contributed by atoms with Crippen LogP contribution in [0.3, 0.4) is 0 Å². The topological polar surface area (TPSA) is 124 Å². The number of aromatic nitrogens is 4. The van der Waals surface area contributed by atoms with Gasteiger partial charge in [-0.05, 0) is 33.2 Å². The van der Waals surface area contributed by atoms with Gasteiger partial charge >= 0.3 is 5.97 Å². The van der Waals surface area contributed by atoms with Crippen molar-refractivity contribution in [3.05, 3.63) is 35.4 Å². The zero-order chi connectivity index (χ0) is 17.5. The normalized spacial score (nSPS) is 12.7. The van der Waals surface area contributed by atoms with Gasteiger partial charge in [-0.3, -0.25) is 9.69 Å². The molecular weight excluding hydrogens is 308 g/mol. The Hall–Kier alpha value is -2.19. The number of nitrogens with two attached hydrogens (primary N) is 1. The second-order valence-electron chi connectivity index (χ2n) is 6.18. The van der Waals surface area contributed by atoms with E-state index in [0.717, 1.165) is 42.4 Å². The molecule has 1 atom stereocenters. The van der Waals surface area contributed by atoms with Gasteiger partial charge < -0.3 is 20.8 Å². The largest absolute Gasteiger partial charge is 0.480 e. The highest BCUT2D eigenvalue weighted by molar-refractivity contribution is 5.72. The smallest absolute Gasteiger partial charge is 0.320 e. The molecule has 132 valence electrons. The molecule has 2 aromatic rings. The summed E-state index contributed by atoms with van der Waals surface area (Å²) < 4.78 is 0. The summed E-state index contributed by atoms with van der Waals surface area (Å²) in [4.78, 5) is 28.2. The number of unbranched alkanes of at least 4 members (excludes halogenated alkanes) is 1. The first-order valence-electron chi connectivity index (χ1n) is 8.15. The minimum Gasteiger partial charge on any atom is -0.480 e. The summed E-state index contributed by atoms with van der Waals surface area (Å²) in [6.45, 7) is 6.16. The molecule has 2 heterocycles. The Bertz CT molecular complexity index is 608. The zero-order valence-corrected chi connectivity index (χ0v) is 14.2. The van der Waals surface area contributed by atoms with E-state index in [9.17, 15) is 4.79 Å². The first kappa shape index (κ1) is 18.2. The number of imidazole rings is 2. The van der Waals surface area contributed by atoms with Gasteiger partial charge in [-0.15, -0.1) is 0 Å². The molecule has 0 aliphatic rings. The number of hydrogen-bond donors (Lipinski definition) is 4.